The van der Waals surface area contributed by atoms with Crippen molar-refractivity contribution in [3.8, 4) is 5.88 Å². The summed E-state index contributed by atoms with van der Waals surface area (Å²) in [6, 6.07) is 11.2. The average Bonchev–Trinajstić information content (AvgIpc) is 3.53. The summed E-state index contributed by atoms with van der Waals surface area (Å²) in [5.41, 5.74) is 1.17. The summed E-state index contributed by atoms with van der Waals surface area (Å²) in [5.74, 6) is -1.10. The molecule has 3 unspecified atom stereocenters. The minimum atomic E-state index is -4.64. The summed E-state index contributed by atoms with van der Waals surface area (Å²) in [6.45, 7) is 1.21. The van der Waals surface area contributed by atoms with Gasteiger partial charge in [-0.05, 0) is 17.9 Å². The average molecular weight is 407 g/mol. The molecule has 1 saturated carbocycles. The first-order valence-electron chi connectivity index (χ1n) is 9.40. The van der Waals surface area contributed by atoms with Crippen molar-refractivity contribution in [3.05, 3.63) is 54.0 Å². The van der Waals surface area contributed by atoms with Gasteiger partial charge in [-0.3, -0.25) is 4.79 Å². The van der Waals surface area contributed by atoms with Gasteiger partial charge in [-0.25, -0.2) is 4.98 Å². The fraction of sp³-hybridized carbons (Fsp3) is 0.450. The predicted octanol–water partition coefficient (Wildman–Crippen LogP) is 2.91. The molecule has 4 rings (SSSR count). The maximum absolute atomic E-state index is 12.8. The van der Waals surface area contributed by atoms with Gasteiger partial charge in [-0.15, -0.1) is 0 Å². The van der Waals surface area contributed by atoms with Crippen molar-refractivity contribution in [1.82, 2.24) is 14.9 Å². The number of amides is 1. The van der Waals surface area contributed by atoms with Gasteiger partial charge in [0.05, 0.1) is 13.2 Å². The Hall–Kier alpha value is -2.68. The number of morpholine rings is 1. The van der Waals surface area contributed by atoms with E-state index < -0.39 is 18.1 Å². The van der Waals surface area contributed by atoms with E-state index in [0.29, 0.717) is 19.7 Å². The smallest absolute Gasteiger partial charge is 0.451 e. The van der Waals surface area contributed by atoms with Gasteiger partial charge in [0.2, 0.25) is 17.6 Å². The molecule has 0 spiro atoms. The van der Waals surface area contributed by atoms with Crippen LogP contribution in [0.4, 0.5) is 13.2 Å². The molecule has 1 aromatic carbocycles. The van der Waals surface area contributed by atoms with Crippen LogP contribution in [0.3, 0.4) is 0 Å². The highest BCUT2D eigenvalue weighted by Gasteiger charge is 2.46. The van der Waals surface area contributed by atoms with Gasteiger partial charge in [0.15, 0.2) is 0 Å². The summed E-state index contributed by atoms with van der Waals surface area (Å²) >= 11 is 0. The molecule has 154 valence electrons. The molecule has 0 bridgehead atoms. The van der Waals surface area contributed by atoms with Crippen molar-refractivity contribution in [3.63, 3.8) is 0 Å². The van der Waals surface area contributed by atoms with Crippen LogP contribution in [-0.2, 0) is 15.7 Å². The van der Waals surface area contributed by atoms with Gasteiger partial charge in [0, 0.05) is 24.7 Å². The summed E-state index contributed by atoms with van der Waals surface area (Å²) in [7, 11) is 0. The highest BCUT2D eigenvalue weighted by molar-refractivity contribution is 5.83. The molecule has 1 aromatic heterocycles. The topological polar surface area (TPSA) is 64.6 Å². The second-order valence-corrected chi connectivity index (χ2v) is 7.16. The molecule has 0 N–H and O–H groups in total. The van der Waals surface area contributed by atoms with Crippen molar-refractivity contribution >= 4 is 5.91 Å². The fourth-order valence-corrected chi connectivity index (χ4v) is 3.53. The Balaban J connectivity index is 1.31. The number of hydrogen-bond acceptors (Lipinski definition) is 5. The first-order valence-corrected chi connectivity index (χ1v) is 9.40. The van der Waals surface area contributed by atoms with Crippen molar-refractivity contribution < 1.29 is 27.4 Å². The van der Waals surface area contributed by atoms with Gasteiger partial charge in [-0.2, -0.15) is 18.2 Å². The molecule has 6 nitrogen and oxygen atoms in total. The quantitative estimate of drug-likeness (QED) is 0.763. The molecular weight excluding hydrogens is 387 g/mol. The summed E-state index contributed by atoms with van der Waals surface area (Å²) in [4.78, 5) is 21.1. The molecule has 1 saturated heterocycles. The van der Waals surface area contributed by atoms with Crippen LogP contribution in [0.5, 0.6) is 5.88 Å². The monoisotopic (exact) mass is 407 g/mol. The molecule has 9 heteroatoms. The molecule has 1 aliphatic heterocycles. The summed E-state index contributed by atoms with van der Waals surface area (Å²) in [6.07, 6.45) is -3.23. The van der Waals surface area contributed by atoms with Crippen molar-refractivity contribution in [2.75, 3.05) is 26.3 Å². The van der Waals surface area contributed by atoms with Gasteiger partial charge in [0.1, 0.15) is 12.7 Å². The van der Waals surface area contributed by atoms with E-state index >= 15 is 0 Å². The van der Waals surface area contributed by atoms with Crippen LogP contribution < -0.4 is 4.74 Å². The van der Waals surface area contributed by atoms with E-state index in [1.807, 2.05) is 30.3 Å². The second-order valence-electron chi connectivity index (χ2n) is 7.16. The molecule has 2 fully saturated rings. The number of nitrogens with zero attached hydrogens (tertiary/aromatic N) is 3. The fourth-order valence-electron chi connectivity index (χ4n) is 3.53. The maximum atomic E-state index is 12.8. The first kappa shape index (κ1) is 19.6. The zero-order valence-electron chi connectivity index (χ0n) is 15.5. The highest BCUT2D eigenvalue weighted by Crippen LogP contribution is 2.48. The van der Waals surface area contributed by atoms with E-state index in [4.69, 9.17) is 9.47 Å². The molecular formula is C20H20F3N3O3. The van der Waals surface area contributed by atoms with E-state index in [-0.39, 0.29) is 30.2 Å². The first-order chi connectivity index (χ1) is 13.9. The molecule has 29 heavy (non-hydrogen) atoms. The minimum absolute atomic E-state index is 0.00483. The lowest BCUT2D eigenvalue weighted by molar-refractivity contribution is -0.145. The number of carbonyl (C=O) groups excluding carboxylic acids is 1. The summed E-state index contributed by atoms with van der Waals surface area (Å²) in [5, 5.41) is 0. The number of halogens is 3. The van der Waals surface area contributed by atoms with Crippen LogP contribution in [0, 0.1) is 5.92 Å². The third-order valence-corrected chi connectivity index (χ3v) is 5.09. The van der Waals surface area contributed by atoms with Gasteiger partial charge in [-0.1, -0.05) is 30.3 Å². The Morgan fingerprint density at radius 3 is 2.79 bits per heavy atom. The molecule has 0 radical (unpaired) electrons. The van der Waals surface area contributed by atoms with Gasteiger partial charge < -0.3 is 14.4 Å². The Morgan fingerprint density at radius 2 is 2.03 bits per heavy atom. The van der Waals surface area contributed by atoms with Crippen molar-refractivity contribution in [1.29, 1.82) is 0 Å². The molecule has 2 aromatic rings. The lowest BCUT2D eigenvalue weighted by Gasteiger charge is -2.33. The van der Waals surface area contributed by atoms with Crippen LogP contribution >= 0.6 is 0 Å². The molecule has 2 aliphatic rings. The van der Waals surface area contributed by atoms with E-state index in [0.717, 1.165) is 12.6 Å². The Morgan fingerprint density at radius 1 is 1.24 bits per heavy atom. The standard InChI is InChI=1S/C20H20F3N3O3/c21-20(22,23)19-24-7-6-17(25-19)29-12-14-11-26(8-9-28-14)18(27)16-10-15(16)13-4-2-1-3-5-13/h1-7,14-16H,8-12H2. The number of aromatic nitrogens is 2. The Labute approximate surface area is 165 Å². The predicted molar refractivity (Wildman–Crippen MR) is 96.1 cm³/mol. The van der Waals surface area contributed by atoms with Gasteiger partial charge in [0.25, 0.3) is 0 Å². The van der Waals surface area contributed by atoms with E-state index in [9.17, 15) is 18.0 Å². The zero-order chi connectivity index (χ0) is 20.4. The van der Waals surface area contributed by atoms with E-state index in [2.05, 4.69) is 9.97 Å². The number of ether oxygens (including phenoxy) is 2. The largest absolute Gasteiger partial charge is 0.475 e. The Bertz CT molecular complexity index is 863. The second kappa shape index (κ2) is 7.98. The Kier molecular flexibility index (Phi) is 5.40. The van der Waals surface area contributed by atoms with Gasteiger partial charge >= 0.3 is 6.18 Å². The molecule has 1 aliphatic carbocycles. The molecule has 1 amide bonds. The van der Waals surface area contributed by atoms with Crippen LogP contribution in [0.15, 0.2) is 42.6 Å². The number of carbonyl (C=O) groups is 1. The third-order valence-electron chi connectivity index (χ3n) is 5.09. The lowest BCUT2D eigenvalue weighted by atomic mass is 10.1. The zero-order valence-corrected chi connectivity index (χ0v) is 15.5. The van der Waals surface area contributed by atoms with Crippen LogP contribution in [-0.4, -0.2) is 53.2 Å². The number of rotatable bonds is 5. The van der Waals surface area contributed by atoms with E-state index in [1.165, 1.54) is 11.6 Å². The van der Waals surface area contributed by atoms with Crippen molar-refractivity contribution in [2.24, 2.45) is 5.92 Å². The van der Waals surface area contributed by atoms with E-state index in [1.54, 1.807) is 4.90 Å². The number of alkyl halides is 3. The number of benzene rings is 1. The number of hydrogen-bond donors (Lipinski definition) is 0. The molecule has 2 heterocycles. The maximum Gasteiger partial charge on any atom is 0.451 e. The minimum Gasteiger partial charge on any atom is -0.475 e. The highest BCUT2D eigenvalue weighted by atomic mass is 19.4. The summed E-state index contributed by atoms with van der Waals surface area (Å²) < 4.78 is 49.0. The normalized spacial score (nSPS) is 24.2. The van der Waals surface area contributed by atoms with Crippen LogP contribution in [0.25, 0.3) is 0 Å². The molecule has 3 atom stereocenters. The van der Waals surface area contributed by atoms with Crippen molar-refractivity contribution in [2.45, 2.75) is 24.6 Å². The third kappa shape index (κ3) is 4.67. The lowest BCUT2D eigenvalue weighted by Crippen LogP contribution is -2.48. The van der Waals surface area contributed by atoms with Crippen LogP contribution in [0.2, 0.25) is 0 Å². The van der Waals surface area contributed by atoms with Crippen LogP contribution in [0.1, 0.15) is 23.7 Å². The SMILES string of the molecule is O=C(C1CC1c1ccccc1)N1CCOC(COc2ccnc(C(F)(F)F)n2)C1.